The van der Waals surface area contributed by atoms with E-state index in [1.54, 1.807) is 13.8 Å². The summed E-state index contributed by atoms with van der Waals surface area (Å²) in [4.78, 5) is 22.8. The van der Waals surface area contributed by atoms with Crippen molar-refractivity contribution in [2.45, 2.75) is 19.9 Å². The fourth-order valence-corrected chi connectivity index (χ4v) is 0.693. The summed E-state index contributed by atoms with van der Waals surface area (Å²) in [5, 5.41) is 0. The molecule has 5 heteroatoms. The largest absolute Gasteiger partial charge is 0.452 e. The lowest BCUT2D eigenvalue weighted by molar-refractivity contribution is 0.0885. The van der Waals surface area contributed by atoms with Gasteiger partial charge in [-0.1, -0.05) is 0 Å². The molecule has 0 aromatic heterocycles. The van der Waals surface area contributed by atoms with Crippen molar-refractivity contribution < 1.29 is 19.1 Å². The van der Waals surface area contributed by atoms with E-state index in [0.717, 1.165) is 4.90 Å². The van der Waals surface area contributed by atoms with Gasteiger partial charge in [0.2, 0.25) is 0 Å². The molecule has 0 aliphatic heterocycles. The topological polar surface area (TPSA) is 55.8 Å². The maximum absolute atomic E-state index is 11.0. The molecular formula is C7H13NO4. The first-order chi connectivity index (χ1) is 5.54. The number of hydrogen-bond donors (Lipinski definition) is 0. The van der Waals surface area contributed by atoms with Crippen LogP contribution in [-0.4, -0.2) is 37.3 Å². The first-order valence-corrected chi connectivity index (χ1v) is 3.49. The molecule has 0 aliphatic carbocycles. The zero-order chi connectivity index (χ0) is 9.72. The number of hydrogen-bond acceptors (Lipinski definition) is 4. The van der Waals surface area contributed by atoms with Gasteiger partial charge in [-0.05, 0) is 13.8 Å². The summed E-state index contributed by atoms with van der Waals surface area (Å²) in [6.07, 6.45) is -1.42. The van der Waals surface area contributed by atoms with Crippen LogP contribution in [0.2, 0.25) is 0 Å². The Morgan fingerprint density at radius 1 is 1.08 bits per heavy atom. The predicted molar refractivity (Wildman–Crippen MR) is 41.8 cm³/mol. The molecule has 0 rings (SSSR count). The molecule has 0 N–H and O–H groups in total. The lowest BCUT2D eigenvalue weighted by Gasteiger charge is -2.20. The van der Waals surface area contributed by atoms with Crippen LogP contribution in [0, 0.1) is 0 Å². The Kier molecular flexibility index (Phi) is 4.10. The van der Waals surface area contributed by atoms with Crippen molar-refractivity contribution in [2.24, 2.45) is 0 Å². The van der Waals surface area contributed by atoms with Gasteiger partial charge in [-0.15, -0.1) is 0 Å². The Morgan fingerprint density at radius 3 is 1.58 bits per heavy atom. The molecule has 0 aromatic rings. The van der Waals surface area contributed by atoms with Gasteiger partial charge in [-0.2, -0.15) is 0 Å². The van der Waals surface area contributed by atoms with Crippen molar-refractivity contribution in [2.75, 3.05) is 14.2 Å². The highest BCUT2D eigenvalue weighted by Gasteiger charge is 2.25. The number of amides is 2. The van der Waals surface area contributed by atoms with Crippen LogP contribution < -0.4 is 0 Å². The molecule has 0 heterocycles. The van der Waals surface area contributed by atoms with Crippen molar-refractivity contribution >= 4 is 12.2 Å². The van der Waals surface area contributed by atoms with Crippen molar-refractivity contribution in [1.82, 2.24) is 4.90 Å². The van der Waals surface area contributed by atoms with Gasteiger partial charge < -0.3 is 9.47 Å². The highest BCUT2D eigenvalue weighted by molar-refractivity contribution is 5.87. The Bertz CT molecular complexity index is 162. The second-order valence-electron chi connectivity index (χ2n) is 2.40. The first kappa shape index (κ1) is 10.7. The number of carbonyl (C=O) groups excluding carboxylic acids is 2. The molecule has 0 unspecified atom stereocenters. The average molecular weight is 175 g/mol. The molecule has 0 saturated heterocycles. The van der Waals surface area contributed by atoms with E-state index in [4.69, 9.17) is 0 Å². The minimum atomic E-state index is -0.711. The maximum Gasteiger partial charge on any atom is 0.419 e. The summed E-state index contributed by atoms with van der Waals surface area (Å²) in [6, 6.07) is -0.273. The van der Waals surface area contributed by atoms with Crippen LogP contribution in [0.5, 0.6) is 0 Å². The molecule has 0 spiro atoms. The molecule has 0 radical (unpaired) electrons. The highest BCUT2D eigenvalue weighted by Crippen LogP contribution is 2.02. The second kappa shape index (κ2) is 4.58. The molecule has 0 saturated carbocycles. The van der Waals surface area contributed by atoms with Gasteiger partial charge >= 0.3 is 12.2 Å². The molecule has 0 bridgehead atoms. The number of carbonyl (C=O) groups is 2. The van der Waals surface area contributed by atoms with E-state index < -0.39 is 12.2 Å². The maximum atomic E-state index is 11.0. The van der Waals surface area contributed by atoms with Gasteiger partial charge in [0, 0.05) is 6.04 Å². The fraction of sp³-hybridized carbons (Fsp3) is 0.714. The van der Waals surface area contributed by atoms with Gasteiger partial charge in [0.1, 0.15) is 0 Å². The van der Waals surface area contributed by atoms with Crippen LogP contribution in [0.1, 0.15) is 13.8 Å². The van der Waals surface area contributed by atoms with E-state index in [0.29, 0.717) is 0 Å². The van der Waals surface area contributed by atoms with Crippen LogP contribution in [-0.2, 0) is 9.47 Å². The van der Waals surface area contributed by atoms with E-state index in [1.807, 2.05) is 0 Å². The smallest absolute Gasteiger partial charge is 0.419 e. The van der Waals surface area contributed by atoms with E-state index in [-0.39, 0.29) is 6.04 Å². The van der Waals surface area contributed by atoms with Crippen LogP contribution in [0.3, 0.4) is 0 Å². The van der Waals surface area contributed by atoms with Crippen LogP contribution >= 0.6 is 0 Å². The number of methoxy groups -OCH3 is 2. The normalized spacial score (nSPS) is 9.42. The third-order valence-electron chi connectivity index (χ3n) is 1.26. The molecule has 70 valence electrons. The van der Waals surface area contributed by atoms with Gasteiger partial charge in [0.25, 0.3) is 0 Å². The highest BCUT2D eigenvalue weighted by atomic mass is 16.6. The van der Waals surface area contributed by atoms with Crippen LogP contribution in [0.15, 0.2) is 0 Å². The number of imide groups is 1. The van der Waals surface area contributed by atoms with Crippen molar-refractivity contribution in [3.63, 3.8) is 0 Å². The summed E-state index contributed by atoms with van der Waals surface area (Å²) in [6.45, 7) is 3.38. The van der Waals surface area contributed by atoms with Crippen LogP contribution in [0.4, 0.5) is 9.59 Å². The zero-order valence-corrected chi connectivity index (χ0v) is 7.66. The van der Waals surface area contributed by atoms with Gasteiger partial charge in [0.05, 0.1) is 14.2 Å². The zero-order valence-electron chi connectivity index (χ0n) is 7.66. The Labute approximate surface area is 71.2 Å². The molecule has 12 heavy (non-hydrogen) atoms. The molecule has 2 amide bonds. The fourth-order valence-electron chi connectivity index (χ4n) is 0.693. The van der Waals surface area contributed by atoms with E-state index in [2.05, 4.69) is 9.47 Å². The molecular weight excluding hydrogens is 162 g/mol. The van der Waals surface area contributed by atoms with E-state index >= 15 is 0 Å². The SMILES string of the molecule is COC(=O)N(C(=O)OC)C(C)C. The van der Waals surface area contributed by atoms with Crippen LogP contribution in [0.25, 0.3) is 0 Å². The lowest BCUT2D eigenvalue weighted by Crippen LogP contribution is -2.41. The van der Waals surface area contributed by atoms with Crippen molar-refractivity contribution in [3.05, 3.63) is 0 Å². The minimum absolute atomic E-state index is 0.273. The third-order valence-corrected chi connectivity index (χ3v) is 1.26. The number of nitrogens with zero attached hydrogens (tertiary/aromatic N) is 1. The van der Waals surface area contributed by atoms with Gasteiger partial charge in [-0.25, -0.2) is 14.5 Å². The Balaban J connectivity index is 4.43. The third kappa shape index (κ3) is 2.41. The van der Waals surface area contributed by atoms with Crippen molar-refractivity contribution in [3.8, 4) is 0 Å². The number of ether oxygens (including phenoxy) is 2. The summed E-state index contributed by atoms with van der Waals surface area (Å²) >= 11 is 0. The molecule has 0 aliphatic rings. The average Bonchev–Trinajstić information content (AvgIpc) is 2.03. The minimum Gasteiger partial charge on any atom is -0.452 e. The predicted octanol–water partition coefficient (Wildman–Crippen LogP) is 1.23. The monoisotopic (exact) mass is 175 g/mol. The standard InChI is InChI=1S/C7H13NO4/c1-5(2)8(6(9)11-3)7(10)12-4/h5H,1-4H3. The van der Waals surface area contributed by atoms with Gasteiger partial charge in [0.15, 0.2) is 0 Å². The number of rotatable bonds is 1. The van der Waals surface area contributed by atoms with E-state index in [1.165, 1.54) is 14.2 Å². The van der Waals surface area contributed by atoms with E-state index in [9.17, 15) is 9.59 Å². The summed E-state index contributed by atoms with van der Waals surface area (Å²) < 4.78 is 8.77. The first-order valence-electron chi connectivity index (χ1n) is 3.49. The summed E-state index contributed by atoms with van der Waals surface area (Å²) in [5.74, 6) is 0. The quantitative estimate of drug-likeness (QED) is 0.601. The Morgan fingerprint density at radius 2 is 1.42 bits per heavy atom. The van der Waals surface area contributed by atoms with Gasteiger partial charge in [-0.3, -0.25) is 0 Å². The molecule has 0 aromatic carbocycles. The Hall–Kier alpha value is -1.26. The molecule has 0 fully saturated rings. The second-order valence-corrected chi connectivity index (χ2v) is 2.40. The molecule has 0 atom stereocenters. The summed E-state index contributed by atoms with van der Waals surface area (Å²) in [7, 11) is 2.42. The summed E-state index contributed by atoms with van der Waals surface area (Å²) in [5.41, 5.74) is 0. The lowest BCUT2D eigenvalue weighted by atomic mass is 10.4. The van der Waals surface area contributed by atoms with Crippen molar-refractivity contribution in [1.29, 1.82) is 0 Å². The molecule has 5 nitrogen and oxygen atoms in total.